The van der Waals surface area contributed by atoms with Crippen LogP contribution >= 0.6 is 31.9 Å². The molecule has 2 aliphatic rings. The van der Waals surface area contributed by atoms with E-state index in [9.17, 15) is 13.2 Å². The second-order valence-corrected chi connectivity index (χ2v) is 11.3. The van der Waals surface area contributed by atoms with E-state index in [4.69, 9.17) is 0 Å². The topological polar surface area (TPSA) is 54.5 Å². The molecule has 164 valence electrons. The molecule has 33 heavy (non-hydrogen) atoms. The van der Waals surface area contributed by atoms with Gasteiger partial charge in [0.2, 0.25) is 0 Å². The molecule has 0 saturated heterocycles. The van der Waals surface area contributed by atoms with Crippen LogP contribution in [0.15, 0.2) is 117 Å². The molecule has 0 fully saturated rings. The van der Waals surface area contributed by atoms with Gasteiger partial charge in [0.05, 0.1) is 16.3 Å². The lowest BCUT2D eigenvalue weighted by molar-refractivity contribution is -0.117. The summed E-state index contributed by atoms with van der Waals surface area (Å²) in [5.41, 5.74) is 1.16. The zero-order chi connectivity index (χ0) is 23.2. The predicted octanol–water partition coefficient (Wildman–Crippen LogP) is 6.39. The lowest BCUT2D eigenvalue weighted by atomic mass is 9.74. The number of rotatable bonds is 4. The summed E-state index contributed by atoms with van der Waals surface area (Å²) in [7, 11) is -4.06. The summed E-state index contributed by atoms with van der Waals surface area (Å²) < 4.78 is 31.1. The number of anilines is 1. The number of allylic oxidation sites excluding steroid dienone is 4. The van der Waals surface area contributed by atoms with Crippen LogP contribution in [0.2, 0.25) is 0 Å². The van der Waals surface area contributed by atoms with Gasteiger partial charge in [0, 0.05) is 8.95 Å². The minimum absolute atomic E-state index is 0.128. The van der Waals surface area contributed by atoms with Crippen molar-refractivity contribution in [2.24, 2.45) is 0 Å². The Morgan fingerprint density at radius 3 is 2.09 bits per heavy atom. The SMILES string of the molecule is O=C1C=CC=C[C@@]12C(N(c1ccc(Br)cc1)S(=O)(=O)c1ccc(Br)cc1)=Cc1ccccc12. The number of fused-ring (bicyclic) bond motifs is 2. The number of sulfonamides is 1. The van der Waals surface area contributed by atoms with Crippen LogP contribution in [0.4, 0.5) is 5.69 Å². The fourth-order valence-corrected chi connectivity index (χ4v) is 6.36. The standard InChI is InChI=1S/C26H17Br2NO3S/c27-19-8-12-21(13-9-19)29(33(31,32)22-14-10-20(28)11-15-22)24-17-18-5-1-2-6-23(18)26(24)16-4-3-7-25(26)30/h1-17H/t26-/m1/s1. The van der Waals surface area contributed by atoms with Crippen LogP contribution in [0.25, 0.3) is 6.08 Å². The monoisotopic (exact) mass is 581 g/mol. The van der Waals surface area contributed by atoms with Gasteiger partial charge in [-0.05, 0) is 71.8 Å². The molecule has 0 aliphatic heterocycles. The molecule has 0 heterocycles. The highest BCUT2D eigenvalue weighted by Crippen LogP contribution is 2.49. The zero-order valence-electron chi connectivity index (χ0n) is 17.2. The Balaban J connectivity index is 1.79. The average Bonchev–Trinajstić information content (AvgIpc) is 3.12. The Labute approximate surface area is 209 Å². The number of ketones is 1. The molecule has 0 radical (unpaired) electrons. The van der Waals surface area contributed by atoms with E-state index in [1.807, 2.05) is 24.3 Å². The van der Waals surface area contributed by atoms with Gasteiger partial charge in [-0.2, -0.15) is 0 Å². The summed E-state index contributed by atoms with van der Waals surface area (Å²) in [6.07, 6.45) is 8.57. The summed E-state index contributed by atoms with van der Waals surface area (Å²) in [4.78, 5) is 13.6. The Morgan fingerprint density at radius 2 is 1.42 bits per heavy atom. The number of benzene rings is 3. The second kappa shape index (κ2) is 8.24. The summed E-state index contributed by atoms with van der Waals surface area (Å²) in [5, 5.41) is 0. The van der Waals surface area contributed by atoms with Crippen LogP contribution in [0.3, 0.4) is 0 Å². The highest BCUT2D eigenvalue weighted by molar-refractivity contribution is 9.10. The van der Waals surface area contributed by atoms with E-state index >= 15 is 0 Å². The van der Waals surface area contributed by atoms with Gasteiger partial charge >= 0.3 is 0 Å². The Hall–Kier alpha value is -2.74. The van der Waals surface area contributed by atoms with Gasteiger partial charge in [-0.3, -0.25) is 4.79 Å². The summed E-state index contributed by atoms with van der Waals surface area (Å²) >= 11 is 6.79. The van der Waals surface area contributed by atoms with E-state index in [0.717, 1.165) is 20.1 Å². The van der Waals surface area contributed by atoms with E-state index in [0.29, 0.717) is 11.4 Å². The lowest BCUT2D eigenvalue weighted by Gasteiger charge is -2.36. The molecule has 0 unspecified atom stereocenters. The van der Waals surface area contributed by atoms with Crippen molar-refractivity contribution in [1.82, 2.24) is 0 Å². The first-order valence-electron chi connectivity index (χ1n) is 10.1. The summed E-state index contributed by atoms with van der Waals surface area (Å²) in [6, 6.07) is 21.0. The zero-order valence-corrected chi connectivity index (χ0v) is 21.1. The van der Waals surface area contributed by atoms with Gasteiger partial charge in [-0.25, -0.2) is 12.7 Å². The Kier molecular flexibility index (Phi) is 5.51. The van der Waals surface area contributed by atoms with Gasteiger partial charge in [-0.15, -0.1) is 0 Å². The molecule has 4 nitrogen and oxygen atoms in total. The summed E-state index contributed by atoms with van der Waals surface area (Å²) in [6.45, 7) is 0. The molecule has 7 heteroatoms. The van der Waals surface area contributed by atoms with Crippen molar-refractivity contribution in [3.05, 3.63) is 123 Å². The van der Waals surface area contributed by atoms with Gasteiger partial charge in [0.1, 0.15) is 5.41 Å². The summed E-state index contributed by atoms with van der Waals surface area (Å²) in [5.74, 6) is -0.186. The fraction of sp³-hybridized carbons (Fsp3) is 0.0385. The third-order valence-corrected chi connectivity index (χ3v) is 8.62. The molecule has 1 atom stereocenters. The fourth-order valence-electron chi connectivity index (χ4n) is 4.29. The van der Waals surface area contributed by atoms with Crippen molar-refractivity contribution in [2.75, 3.05) is 4.31 Å². The second-order valence-electron chi connectivity index (χ2n) is 7.71. The molecule has 0 aromatic heterocycles. The lowest BCUT2D eigenvalue weighted by Crippen LogP contribution is -2.44. The van der Waals surface area contributed by atoms with E-state index < -0.39 is 15.4 Å². The molecule has 3 aromatic rings. The highest BCUT2D eigenvalue weighted by atomic mass is 79.9. The normalized spacial score (nSPS) is 19.0. The van der Waals surface area contributed by atoms with E-state index in [1.54, 1.807) is 72.8 Å². The minimum atomic E-state index is -4.06. The first kappa shape index (κ1) is 22.1. The van der Waals surface area contributed by atoms with Crippen LogP contribution in [-0.2, 0) is 20.2 Å². The molecular weight excluding hydrogens is 566 g/mol. The minimum Gasteiger partial charge on any atom is -0.293 e. The van der Waals surface area contributed by atoms with Gasteiger partial charge in [-0.1, -0.05) is 74.4 Å². The van der Waals surface area contributed by atoms with Gasteiger partial charge < -0.3 is 0 Å². The maximum atomic E-state index is 14.1. The largest absolute Gasteiger partial charge is 0.293 e. The van der Waals surface area contributed by atoms with Gasteiger partial charge in [0.15, 0.2) is 5.78 Å². The number of carbonyl (C=O) groups excluding carboxylic acids is 1. The average molecular weight is 583 g/mol. The number of carbonyl (C=O) groups is 1. The number of hydrogen-bond donors (Lipinski definition) is 0. The Bertz CT molecular complexity index is 1460. The molecule has 1 spiro atoms. The number of hydrogen-bond acceptors (Lipinski definition) is 3. The molecule has 3 aromatic carbocycles. The molecule has 5 rings (SSSR count). The highest BCUT2D eigenvalue weighted by Gasteiger charge is 2.50. The predicted molar refractivity (Wildman–Crippen MR) is 137 cm³/mol. The van der Waals surface area contributed by atoms with Crippen molar-refractivity contribution >= 4 is 59.4 Å². The molecular formula is C26H17Br2NO3S. The van der Waals surface area contributed by atoms with E-state index in [1.165, 1.54) is 10.4 Å². The third-order valence-electron chi connectivity index (χ3n) is 5.81. The molecule has 0 bridgehead atoms. The smallest absolute Gasteiger partial charge is 0.268 e. The van der Waals surface area contributed by atoms with Gasteiger partial charge in [0.25, 0.3) is 10.0 Å². The first-order valence-corrected chi connectivity index (χ1v) is 13.2. The quantitative estimate of drug-likeness (QED) is 0.358. The van der Waals surface area contributed by atoms with Crippen LogP contribution in [0.1, 0.15) is 11.1 Å². The molecule has 0 saturated carbocycles. The molecule has 0 amide bonds. The van der Waals surface area contributed by atoms with Crippen molar-refractivity contribution in [3.63, 3.8) is 0 Å². The van der Waals surface area contributed by atoms with Crippen LogP contribution in [-0.4, -0.2) is 14.2 Å². The number of nitrogens with zero attached hydrogens (tertiary/aromatic N) is 1. The van der Waals surface area contributed by atoms with E-state index in [-0.39, 0.29) is 10.7 Å². The Morgan fingerprint density at radius 1 is 0.788 bits per heavy atom. The maximum absolute atomic E-state index is 14.1. The van der Waals surface area contributed by atoms with Crippen molar-refractivity contribution in [3.8, 4) is 0 Å². The van der Waals surface area contributed by atoms with Crippen LogP contribution in [0.5, 0.6) is 0 Å². The van der Waals surface area contributed by atoms with Crippen molar-refractivity contribution < 1.29 is 13.2 Å². The van der Waals surface area contributed by atoms with Crippen molar-refractivity contribution in [1.29, 1.82) is 0 Å². The molecule has 2 aliphatic carbocycles. The molecule has 0 N–H and O–H groups in total. The first-order chi connectivity index (χ1) is 15.8. The third kappa shape index (κ3) is 3.55. The van der Waals surface area contributed by atoms with E-state index in [2.05, 4.69) is 31.9 Å². The van der Waals surface area contributed by atoms with Crippen LogP contribution in [0, 0.1) is 0 Å². The van der Waals surface area contributed by atoms with Crippen LogP contribution < -0.4 is 4.31 Å². The maximum Gasteiger partial charge on any atom is 0.268 e. The van der Waals surface area contributed by atoms with Crippen molar-refractivity contribution in [2.45, 2.75) is 10.3 Å². The number of halogens is 2.